The van der Waals surface area contributed by atoms with E-state index in [1.54, 1.807) is 0 Å². The molecule has 0 spiro atoms. The first-order valence-electron chi connectivity index (χ1n) is 8.54. The molecule has 2 aromatic rings. The third kappa shape index (κ3) is 4.26. The summed E-state index contributed by atoms with van der Waals surface area (Å²) in [5.41, 5.74) is 1.88. The van der Waals surface area contributed by atoms with Gasteiger partial charge >= 0.3 is 147 Å². The first-order chi connectivity index (χ1) is 11.1. The predicted octanol–water partition coefficient (Wildman–Crippen LogP) is 4.30. The fourth-order valence-corrected chi connectivity index (χ4v) is 5.87. The average molecular weight is 372 g/mol. The van der Waals surface area contributed by atoms with Crippen molar-refractivity contribution in [3.8, 4) is 0 Å². The van der Waals surface area contributed by atoms with Crippen LogP contribution < -0.4 is 4.46 Å². The molecule has 0 aromatic heterocycles. The normalized spacial score (nSPS) is 22.1. The van der Waals surface area contributed by atoms with Gasteiger partial charge in [-0.1, -0.05) is 0 Å². The molecule has 1 nitrogen and oxygen atoms in total. The molecule has 0 saturated carbocycles. The zero-order valence-corrected chi connectivity index (χ0v) is 16.1. The zero-order chi connectivity index (χ0) is 16.3. The van der Waals surface area contributed by atoms with E-state index in [0.29, 0.717) is 32.5 Å². The molecule has 0 unspecified atom stereocenters. The summed E-state index contributed by atoms with van der Waals surface area (Å²) in [6.07, 6.45) is 1.32. The Balaban J connectivity index is 1.71. The van der Waals surface area contributed by atoms with Gasteiger partial charge in [0.15, 0.2) is 0 Å². The quantitative estimate of drug-likeness (QED) is 0.708. The molecule has 2 atom stereocenters. The number of hydrogen-bond donors (Lipinski definition) is 0. The Bertz CT molecular complexity index is 608. The minimum atomic E-state index is 0.431. The molecule has 1 saturated heterocycles. The predicted molar refractivity (Wildman–Crippen MR) is 100 cm³/mol. The van der Waals surface area contributed by atoms with Crippen LogP contribution in [0.1, 0.15) is 38.8 Å². The van der Waals surface area contributed by atoms with E-state index in [0.717, 1.165) is 0 Å². The van der Waals surface area contributed by atoms with Crippen LogP contribution in [0.15, 0.2) is 60.7 Å². The van der Waals surface area contributed by atoms with Crippen LogP contribution in [0.3, 0.4) is 0 Å². The first kappa shape index (κ1) is 16.8. The van der Waals surface area contributed by atoms with Gasteiger partial charge in [0.2, 0.25) is 0 Å². The van der Waals surface area contributed by atoms with E-state index < -0.39 is 0 Å². The zero-order valence-electron chi connectivity index (χ0n) is 14.4. The summed E-state index contributed by atoms with van der Waals surface area (Å²) in [5, 5.41) is 1.32. The van der Waals surface area contributed by atoms with Gasteiger partial charge in [0.25, 0.3) is 0 Å². The Labute approximate surface area is 147 Å². The van der Waals surface area contributed by atoms with Crippen LogP contribution >= 0.6 is 0 Å². The Hall–Kier alpha value is -1.08. The van der Waals surface area contributed by atoms with Gasteiger partial charge < -0.3 is 0 Å². The molecule has 1 aliphatic rings. The second-order valence-electron chi connectivity index (χ2n) is 7.41. The molecule has 1 aliphatic heterocycles. The first-order valence-corrected chi connectivity index (χ1v) is 10.6. The molecule has 0 amide bonds. The summed E-state index contributed by atoms with van der Waals surface area (Å²) in [7, 11) is 0. The molecule has 1 fully saturated rings. The third-order valence-corrected chi connectivity index (χ3v) is 7.26. The standard InChI is InChI=1S/C21H27NSe/c1-17(18-10-6-4-7-11-18)22-16-21(2,3)14-19(22)15-23-20-12-8-5-9-13-20/h4-13,17,19H,14-16H2,1-3H3/t17-,19+/m1/s1. The molecule has 3 rings (SSSR count). The fourth-order valence-electron chi connectivity index (χ4n) is 3.68. The summed E-state index contributed by atoms with van der Waals surface area (Å²) >= 11 is 0.570. The molecular weight excluding hydrogens is 345 g/mol. The van der Waals surface area contributed by atoms with Crippen molar-refractivity contribution in [2.75, 3.05) is 6.54 Å². The van der Waals surface area contributed by atoms with Crippen LogP contribution in [-0.4, -0.2) is 32.4 Å². The number of hydrogen-bond acceptors (Lipinski definition) is 1. The van der Waals surface area contributed by atoms with Crippen molar-refractivity contribution in [2.45, 2.75) is 44.6 Å². The monoisotopic (exact) mass is 373 g/mol. The average Bonchev–Trinajstić information content (AvgIpc) is 2.89. The van der Waals surface area contributed by atoms with Crippen molar-refractivity contribution in [2.24, 2.45) is 5.41 Å². The van der Waals surface area contributed by atoms with Gasteiger partial charge in [-0.2, -0.15) is 0 Å². The van der Waals surface area contributed by atoms with Gasteiger partial charge in [-0.3, -0.25) is 0 Å². The SMILES string of the molecule is C[C@H](c1ccccc1)N1CC(C)(C)C[C@H]1C[Se]c1ccccc1. The number of nitrogens with zero attached hydrogens (tertiary/aromatic N) is 1. The molecular formula is C21H27NSe. The van der Waals surface area contributed by atoms with Crippen molar-refractivity contribution in [3.05, 3.63) is 66.2 Å². The van der Waals surface area contributed by atoms with Gasteiger partial charge in [0.05, 0.1) is 0 Å². The molecule has 2 aromatic carbocycles. The van der Waals surface area contributed by atoms with E-state index in [-0.39, 0.29) is 0 Å². The van der Waals surface area contributed by atoms with Crippen LogP contribution in [0, 0.1) is 5.41 Å². The molecule has 0 radical (unpaired) electrons. The number of benzene rings is 2. The molecule has 1 heterocycles. The van der Waals surface area contributed by atoms with E-state index in [9.17, 15) is 0 Å². The Morgan fingerprint density at radius 1 is 1.04 bits per heavy atom. The summed E-state index contributed by atoms with van der Waals surface area (Å²) in [6, 6.07) is 23.2. The Kier molecular flexibility index (Phi) is 5.26. The van der Waals surface area contributed by atoms with E-state index in [4.69, 9.17) is 0 Å². The molecule has 23 heavy (non-hydrogen) atoms. The van der Waals surface area contributed by atoms with Gasteiger partial charge in [-0.25, -0.2) is 0 Å². The van der Waals surface area contributed by atoms with Crippen molar-refractivity contribution in [3.63, 3.8) is 0 Å². The van der Waals surface area contributed by atoms with Crippen LogP contribution in [0.2, 0.25) is 5.32 Å². The van der Waals surface area contributed by atoms with E-state index in [1.807, 2.05) is 0 Å². The van der Waals surface area contributed by atoms with Gasteiger partial charge in [0, 0.05) is 0 Å². The van der Waals surface area contributed by atoms with Crippen molar-refractivity contribution < 1.29 is 0 Å². The van der Waals surface area contributed by atoms with Crippen LogP contribution in [0.4, 0.5) is 0 Å². The summed E-state index contributed by atoms with van der Waals surface area (Å²) in [6.45, 7) is 8.43. The van der Waals surface area contributed by atoms with Crippen molar-refractivity contribution >= 4 is 19.4 Å². The number of rotatable bonds is 5. The van der Waals surface area contributed by atoms with Gasteiger partial charge in [0.1, 0.15) is 0 Å². The van der Waals surface area contributed by atoms with E-state index in [1.165, 1.54) is 28.3 Å². The summed E-state index contributed by atoms with van der Waals surface area (Å²) in [4.78, 5) is 2.75. The molecule has 2 heteroatoms. The van der Waals surface area contributed by atoms with Gasteiger partial charge in [-0.15, -0.1) is 0 Å². The van der Waals surface area contributed by atoms with Crippen LogP contribution in [-0.2, 0) is 0 Å². The topological polar surface area (TPSA) is 3.24 Å². The minimum absolute atomic E-state index is 0.431. The summed E-state index contributed by atoms with van der Waals surface area (Å²) < 4.78 is 1.53. The van der Waals surface area contributed by atoms with Gasteiger partial charge in [-0.05, 0) is 0 Å². The van der Waals surface area contributed by atoms with E-state index >= 15 is 0 Å². The fraction of sp³-hybridized carbons (Fsp3) is 0.429. The second-order valence-corrected chi connectivity index (χ2v) is 9.70. The molecule has 0 aliphatic carbocycles. The molecule has 122 valence electrons. The van der Waals surface area contributed by atoms with Crippen molar-refractivity contribution in [1.29, 1.82) is 0 Å². The maximum absolute atomic E-state index is 2.75. The van der Waals surface area contributed by atoms with Crippen molar-refractivity contribution in [1.82, 2.24) is 4.90 Å². The van der Waals surface area contributed by atoms with Crippen LogP contribution in [0.25, 0.3) is 0 Å². The maximum atomic E-state index is 2.75. The Morgan fingerprint density at radius 3 is 2.30 bits per heavy atom. The third-order valence-electron chi connectivity index (χ3n) is 4.83. The second kappa shape index (κ2) is 7.21. The van der Waals surface area contributed by atoms with E-state index in [2.05, 4.69) is 86.3 Å². The number of likely N-dealkylation sites (tertiary alicyclic amines) is 1. The molecule has 0 N–H and O–H groups in total. The Morgan fingerprint density at radius 2 is 1.65 bits per heavy atom. The molecule has 0 bridgehead atoms. The van der Waals surface area contributed by atoms with Crippen LogP contribution in [0.5, 0.6) is 0 Å². The summed E-state index contributed by atoms with van der Waals surface area (Å²) in [5.74, 6) is 0.